The summed E-state index contributed by atoms with van der Waals surface area (Å²) in [6, 6.07) is 0. The van der Waals surface area contributed by atoms with Crippen molar-refractivity contribution >= 4 is 10.0 Å². The lowest BCUT2D eigenvalue weighted by molar-refractivity contribution is 0.244. The molecule has 0 unspecified atom stereocenters. The van der Waals surface area contributed by atoms with Gasteiger partial charge >= 0.3 is 0 Å². The lowest BCUT2D eigenvalue weighted by Crippen LogP contribution is -2.40. The van der Waals surface area contributed by atoms with Crippen LogP contribution in [0, 0.1) is 5.92 Å². The van der Waals surface area contributed by atoms with Crippen molar-refractivity contribution in [3.8, 4) is 0 Å². The van der Waals surface area contributed by atoms with Crippen molar-refractivity contribution in [1.82, 2.24) is 13.9 Å². The van der Waals surface area contributed by atoms with Crippen LogP contribution < -0.4 is 0 Å². The van der Waals surface area contributed by atoms with E-state index >= 15 is 0 Å². The predicted molar refractivity (Wildman–Crippen MR) is 82.6 cm³/mol. The highest BCUT2D eigenvalue weighted by Crippen LogP contribution is 2.33. The van der Waals surface area contributed by atoms with Gasteiger partial charge in [0.1, 0.15) is 5.82 Å². The zero-order valence-corrected chi connectivity index (χ0v) is 13.6. The lowest BCUT2D eigenvalue weighted by Gasteiger charge is -2.31. The third kappa shape index (κ3) is 3.48. The molecule has 118 valence electrons. The van der Waals surface area contributed by atoms with Gasteiger partial charge in [-0.25, -0.2) is 17.7 Å². The molecule has 5 nitrogen and oxygen atoms in total. The molecule has 0 bridgehead atoms. The molecule has 0 amide bonds. The minimum Gasteiger partial charge on any atom is -0.334 e. The summed E-state index contributed by atoms with van der Waals surface area (Å²) < 4.78 is 27.3. The number of hydrogen-bond acceptors (Lipinski definition) is 3. The number of nitrogens with zero attached hydrogens (tertiary/aromatic N) is 3. The molecule has 1 aromatic heterocycles. The molecule has 1 atom stereocenters. The summed E-state index contributed by atoms with van der Waals surface area (Å²) in [6.45, 7) is 2.23. The average molecular weight is 311 g/mol. The highest BCUT2D eigenvalue weighted by Gasteiger charge is 2.27. The van der Waals surface area contributed by atoms with Gasteiger partial charge in [0.15, 0.2) is 0 Å². The maximum atomic E-state index is 11.7. The predicted octanol–water partition coefficient (Wildman–Crippen LogP) is 2.21. The van der Waals surface area contributed by atoms with E-state index in [4.69, 9.17) is 0 Å². The second-order valence-corrected chi connectivity index (χ2v) is 8.53. The van der Waals surface area contributed by atoms with Gasteiger partial charge in [0.2, 0.25) is 10.0 Å². The summed E-state index contributed by atoms with van der Waals surface area (Å²) in [7, 11) is -3.06. The van der Waals surface area contributed by atoms with Crippen LogP contribution in [0.4, 0.5) is 0 Å². The normalized spacial score (nSPS) is 25.5. The maximum Gasteiger partial charge on any atom is 0.211 e. The number of hydrogen-bond donors (Lipinski definition) is 0. The fraction of sp³-hybridized carbons (Fsp3) is 0.800. The second kappa shape index (κ2) is 6.08. The Morgan fingerprint density at radius 1 is 1.24 bits per heavy atom. The lowest BCUT2D eigenvalue weighted by atomic mass is 9.99. The van der Waals surface area contributed by atoms with Crippen molar-refractivity contribution in [2.45, 2.75) is 51.0 Å². The highest BCUT2D eigenvalue weighted by molar-refractivity contribution is 7.88. The van der Waals surface area contributed by atoms with Crippen LogP contribution in [0.3, 0.4) is 0 Å². The van der Waals surface area contributed by atoms with Crippen LogP contribution in [0.2, 0.25) is 0 Å². The van der Waals surface area contributed by atoms with Gasteiger partial charge in [0.05, 0.1) is 6.26 Å². The largest absolute Gasteiger partial charge is 0.334 e. The van der Waals surface area contributed by atoms with Gasteiger partial charge in [-0.05, 0) is 31.6 Å². The summed E-state index contributed by atoms with van der Waals surface area (Å²) >= 11 is 0. The summed E-state index contributed by atoms with van der Waals surface area (Å²) in [5, 5.41) is 0. The highest BCUT2D eigenvalue weighted by atomic mass is 32.2. The monoisotopic (exact) mass is 311 g/mol. The van der Waals surface area contributed by atoms with Gasteiger partial charge in [-0.2, -0.15) is 0 Å². The number of piperidine rings is 1. The fourth-order valence-electron chi connectivity index (χ4n) is 3.77. The molecule has 2 fully saturated rings. The fourth-order valence-corrected chi connectivity index (χ4v) is 4.72. The Hall–Kier alpha value is -0.880. The van der Waals surface area contributed by atoms with E-state index in [2.05, 4.69) is 15.7 Å². The van der Waals surface area contributed by atoms with Crippen molar-refractivity contribution in [1.29, 1.82) is 0 Å². The van der Waals surface area contributed by atoms with E-state index in [1.807, 2.05) is 6.20 Å². The van der Waals surface area contributed by atoms with Crippen molar-refractivity contribution in [2.24, 2.45) is 5.92 Å². The summed E-state index contributed by atoms with van der Waals surface area (Å²) in [4.78, 5) is 4.56. The van der Waals surface area contributed by atoms with Crippen LogP contribution in [-0.4, -0.2) is 41.6 Å². The van der Waals surface area contributed by atoms with Crippen molar-refractivity contribution in [3.63, 3.8) is 0 Å². The summed E-state index contributed by atoms with van der Waals surface area (Å²) in [5.41, 5.74) is 0. The Labute approximate surface area is 127 Å². The molecule has 6 heteroatoms. The molecule has 21 heavy (non-hydrogen) atoms. The number of aromatic nitrogens is 2. The van der Waals surface area contributed by atoms with Crippen LogP contribution in [0.1, 0.15) is 50.3 Å². The number of rotatable bonds is 4. The van der Waals surface area contributed by atoms with Crippen LogP contribution >= 0.6 is 0 Å². The van der Waals surface area contributed by atoms with E-state index in [1.165, 1.54) is 37.8 Å². The van der Waals surface area contributed by atoms with Crippen LogP contribution in [-0.2, 0) is 16.6 Å². The molecular formula is C15H25N3O2S. The standard InChI is InChI=1S/C15H25N3O2S/c1-21(19,20)18-9-4-5-13(12-18)11-17-10-8-16-15(17)14-6-2-3-7-14/h8,10,13-14H,2-7,9,11-12H2,1H3/t13-/m0/s1. The van der Waals surface area contributed by atoms with E-state index in [9.17, 15) is 8.42 Å². The molecule has 1 saturated carbocycles. The van der Waals surface area contributed by atoms with Crippen LogP contribution in [0.5, 0.6) is 0 Å². The van der Waals surface area contributed by atoms with Gasteiger partial charge in [0.25, 0.3) is 0 Å². The Bertz CT molecular complexity index is 575. The van der Waals surface area contributed by atoms with E-state index in [1.54, 1.807) is 4.31 Å². The first kappa shape index (κ1) is 15.0. The average Bonchev–Trinajstić information content (AvgIpc) is 3.08. The molecule has 2 aliphatic rings. The maximum absolute atomic E-state index is 11.7. The molecule has 0 aromatic carbocycles. The zero-order valence-electron chi connectivity index (χ0n) is 12.7. The molecule has 0 spiro atoms. The van der Waals surface area contributed by atoms with Crippen molar-refractivity contribution in [2.75, 3.05) is 19.3 Å². The third-order valence-electron chi connectivity index (χ3n) is 4.87. The molecule has 1 saturated heterocycles. The van der Waals surface area contributed by atoms with Gasteiger partial charge in [-0.15, -0.1) is 0 Å². The Balaban J connectivity index is 1.68. The SMILES string of the molecule is CS(=O)(=O)N1CCC[C@@H](Cn2ccnc2C2CCCC2)C1. The van der Waals surface area contributed by atoms with Gasteiger partial charge in [-0.1, -0.05) is 12.8 Å². The van der Waals surface area contributed by atoms with Gasteiger partial charge < -0.3 is 4.57 Å². The van der Waals surface area contributed by atoms with E-state index in [-0.39, 0.29) is 0 Å². The first-order chi connectivity index (χ1) is 10.0. The van der Waals surface area contributed by atoms with E-state index < -0.39 is 10.0 Å². The molecule has 1 aliphatic carbocycles. The van der Waals surface area contributed by atoms with Crippen molar-refractivity contribution < 1.29 is 8.42 Å². The van der Waals surface area contributed by atoms with Crippen LogP contribution in [0.25, 0.3) is 0 Å². The van der Waals surface area contributed by atoms with Gasteiger partial charge in [-0.3, -0.25) is 0 Å². The van der Waals surface area contributed by atoms with E-state index in [0.717, 1.165) is 19.4 Å². The first-order valence-corrected chi connectivity index (χ1v) is 9.85. The molecule has 1 aromatic rings. The Morgan fingerprint density at radius 2 is 2.00 bits per heavy atom. The molecule has 2 heterocycles. The van der Waals surface area contributed by atoms with E-state index in [0.29, 0.717) is 24.9 Å². The zero-order chi connectivity index (χ0) is 14.9. The molecule has 3 rings (SSSR count). The first-order valence-electron chi connectivity index (χ1n) is 8.00. The number of imidazole rings is 1. The third-order valence-corrected chi connectivity index (χ3v) is 6.14. The Morgan fingerprint density at radius 3 is 2.71 bits per heavy atom. The topological polar surface area (TPSA) is 55.2 Å². The second-order valence-electron chi connectivity index (χ2n) is 6.55. The minimum atomic E-state index is -3.06. The minimum absolute atomic E-state index is 0.405. The summed E-state index contributed by atoms with van der Waals surface area (Å²) in [6.07, 6.45) is 12.5. The smallest absolute Gasteiger partial charge is 0.211 e. The number of sulfonamides is 1. The Kier molecular flexibility index (Phi) is 4.36. The van der Waals surface area contributed by atoms with Crippen molar-refractivity contribution in [3.05, 3.63) is 18.2 Å². The quantitative estimate of drug-likeness (QED) is 0.856. The molecule has 1 aliphatic heterocycles. The van der Waals surface area contributed by atoms with Crippen LogP contribution in [0.15, 0.2) is 12.4 Å². The van der Waals surface area contributed by atoms with Gasteiger partial charge in [0, 0.05) is 37.9 Å². The molecular weight excluding hydrogens is 286 g/mol. The summed E-state index contributed by atoms with van der Waals surface area (Å²) in [5.74, 6) is 2.22. The molecule has 0 N–H and O–H groups in total. The molecule has 0 radical (unpaired) electrons.